The second-order valence-electron chi connectivity index (χ2n) is 6.56. The average molecular weight is 392 g/mol. The van der Waals surface area contributed by atoms with E-state index in [1.807, 2.05) is 0 Å². The summed E-state index contributed by atoms with van der Waals surface area (Å²) in [4.78, 5) is 11.0. The number of ether oxygens (including phenoxy) is 2. The molecule has 0 aromatic carbocycles. The van der Waals surface area contributed by atoms with Gasteiger partial charge in [-0.15, -0.1) is 0 Å². The molecule has 1 saturated heterocycles. The van der Waals surface area contributed by atoms with Gasteiger partial charge in [-0.3, -0.25) is 4.79 Å². The number of carbonyl (C=O) groups is 1. The molecule has 5 nitrogen and oxygen atoms in total. The fraction of sp³-hybridized carbons (Fsp3) is 0.933. The van der Waals surface area contributed by atoms with Gasteiger partial charge in [0, 0.05) is 13.5 Å². The lowest BCUT2D eigenvalue weighted by Gasteiger charge is -2.28. The van der Waals surface area contributed by atoms with Crippen molar-refractivity contribution in [3.05, 3.63) is 0 Å². The van der Waals surface area contributed by atoms with Crippen molar-refractivity contribution in [1.29, 1.82) is 0 Å². The van der Waals surface area contributed by atoms with Gasteiger partial charge in [-0.05, 0) is 32.1 Å². The van der Waals surface area contributed by atoms with Crippen LogP contribution < -0.4 is 0 Å². The highest BCUT2D eigenvalue weighted by atomic mass is 32.2. The van der Waals surface area contributed by atoms with Gasteiger partial charge in [-0.2, -0.15) is 0 Å². The molecule has 1 fully saturated rings. The molecule has 0 saturated carbocycles. The maximum Gasteiger partial charge on any atom is 0.303 e. The van der Waals surface area contributed by atoms with Crippen molar-refractivity contribution < 1.29 is 40.2 Å². The van der Waals surface area contributed by atoms with Crippen LogP contribution in [0.3, 0.4) is 0 Å². The van der Waals surface area contributed by atoms with Crippen LogP contribution in [0.2, 0.25) is 0 Å². The van der Waals surface area contributed by atoms with Crippen molar-refractivity contribution >= 4 is 15.8 Å². The molecule has 0 aliphatic carbocycles. The Labute approximate surface area is 145 Å². The number of esters is 1. The Morgan fingerprint density at radius 2 is 1.76 bits per heavy atom. The monoisotopic (exact) mass is 392 g/mol. The summed E-state index contributed by atoms with van der Waals surface area (Å²) in [7, 11) is -2.98. The summed E-state index contributed by atoms with van der Waals surface area (Å²) < 4.78 is 85.8. The predicted octanol–water partition coefficient (Wildman–Crippen LogP) is 2.83. The third kappa shape index (κ3) is 8.84. The molecule has 1 rings (SSSR count). The van der Waals surface area contributed by atoms with Crippen LogP contribution in [-0.2, 0) is 24.1 Å². The summed E-state index contributed by atoms with van der Waals surface area (Å²) in [6, 6.07) is 0. The number of halogens is 4. The number of hydrogen-bond donors (Lipinski definition) is 0. The van der Waals surface area contributed by atoms with Crippen molar-refractivity contribution in [3.63, 3.8) is 0 Å². The van der Waals surface area contributed by atoms with Crippen LogP contribution in [0.25, 0.3) is 0 Å². The Hall–Kier alpha value is -0.900. The van der Waals surface area contributed by atoms with Crippen molar-refractivity contribution in [2.75, 3.05) is 24.7 Å². The van der Waals surface area contributed by atoms with Crippen LogP contribution in [-0.4, -0.2) is 57.1 Å². The zero-order valence-corrected chi connectivity index (χ0v) is 15.1. The van der Waals surface area contributed by atoms with E-state index in [9.17, 15) is 30.8 Å². The van der Waals surface area contributed by atoms with Crippen molar-refractivity contribution in [2.24, 2.45) is 5.92 Å². The zero-order chi connectivity index (χ0) is 19.3. The van der Waals surface area contributed by atoms with E-state index in [-0.39, 0.29) is 24.0 Å². The second-order valence-corrected chi connectivity index (χ2v) is 8.87. The lowest BCUT2D eigenvalue weighted by molar-refractivity contribution is -0.199. The van der Waals surface area contributed by atoms with E-state index in [0.717, 1.165) is 6.92 Å². The van der Waals surface area contributed by atoms with Crippen LogP contribution >= 0.6 is 0 Å². The molecule has 1 atom stereocenters. The Bertz CT molecular complexity index is 531. The average Bonchev–Trinajstić information content (AvgIpc) is 2.40. The van der Waals surface area contributed by atoms with E-state index in [1.54, 1.807) is 0 Å². The van der Waals surface area contributed by atoms with Gasteiger partial charge in [0.2, 0.25) is 0 Å². The topological polar surface area (TPSA) is 69.7 Å². The fourth-order valence-corrected chi connectivity index (χ4v) is 4.23. The van der Waals surface area contributed by atoms with Gasteiger partial charge in [0.15, 0.2) is 6.10 Å². The van der Waals surface area contributed by atoms with Gasteiger partial charge < -0.3 is 9.47 Å². The molecule has 0 aromatic heterocycles. The Kier molecular flexibility index (Phi) is 7.67. The van der Waals surface area contributed by atoms with E-state index in [4.69, 9.17) is 4.74 Å². The van der Waals surface area contributed by atoms with Crippen LogP contribution in [0, 0.1) is 5.92 Å². The van der Waals surface area contributed by atoms with Crippen molar-refractivity contribution in [2.45, 2.75) is 57.5 Å². The van der Waals surface area contributed by atoms with Crippen molar-refractivity contribution in [1.82, 2.24) is 0 Å². The van der Waals surface area contributed by atoms with E-state index in [2.05, 4.69) is 4.74 Å². The molecule has 0 radical (unpaired) electrons. The van der Waals surface area contributed by atoms with Gasteiger partial charge in [-0.1, -0.05) is 0 Å². The molecule has 0 amide bonds. The Morgan fingerprint density at radius 3 is 2.24 bits per heavy atom. The highest BCUT2D eigenvalue weighted by Crippen LogP contribution is 2.34. The standard InChI is InChI=1S/C15H24F4O5S/c1-11(20)24-13(15(18,19)10-14(2,16)17)9-23-6-3-12-4-7-25(21,22)8-5-12/h12-13H,3-10H2,1-2H3. The van der Waals surface area contributed by atoms with E-state index in [1.165, 1.54) is 0 Å². The number of alkyl halides is 4. The molecule has 1 aliphatic heterocycles. The van der Waals surface area contributed by atoms with E-state index >= 15 is 0 Å². The lowest BCUT2D eigenvalue weighted by Crippen LogP contribution is -2.44. The predicted molar refractivity (Wildman–Crippen MR) is 82.6 cm³/mol. The molecular weight excluding hydrogens is 368 g/mol. The highest BCUT2D eigenvalue weighted by Gasteiger charge is 2.48. The van der Waals surface area contributed by atoms with Crippen LogP contribution in [0.1, 0.15) is 39.5 Å². The van der Waals surface area contributed by atoms with Gasteiger partial charge in [0.25, 0.3) is 11.8 Å². The van der Waals surface area contributed by atoms with E-state index < -0.39 is 46.8 Å². The van der Waals surface area contributed by atoms with Crippen LogP contribution in [0.5, 0.6) is 0 Å². The molecule has 0 N–H and O–H groups in total. The first-order valence-electron chi connectivity index (χ1n) is 8.02. The van der Waals surface area contributed by atoms with Crippen molar-refractivity contribution in [3.8, 4) is 0 Å². The summed E-state index contributed by atoms with van der Waals surface area (Å²) in [5.74, 6) is -8.26. The normalized spacial score (nSPS) is 20.2. The molecule has 148 valence electrons. The minimum absolute atomic E-state index is 0.0566. The Morgan fingerprint density at radius 1 is 1.20 bits per heavy atom. The molecule has 10 heteroatoms. The summed E-state index contributed by atoms with van der Waals surface area (Å²) in [6.45, 7) is 0.633. The summed E-state index contributed by atoms with van der Waals surface area (Å²) in [5.41, 5.74) is 0. The molecule has 0 aromatic rings. The fourth-order valence-electron chi connectivity index (χ4n) is 2.64. The molecule has 1 unspecified atom stereocenters. The number of sulfone groups is 1. The molecule has 0 bridgehead atoms. The Balaban J connectivity index is 2.47. The smallest absolute Gasteiger partial charge is 0.303 e. The molecule has 1 aliphatic rings. The number of carbonyl (C=O) groups excluding carboxylic acids is 1. The quantitative estimate of drug-likeness (QED) is 0.343. The molecule has 0 spiro atoms. The molecular formula is C15H24F4O5S. The summed E-state index contributed by atoms with van der Waals surface area (Å²) in [6.07, 6.45) is -2.41. The zero-order valence-electron chi connectivity index (χ0n) is 14.3. The first-order valence-corrected chi connectivity index (χ1v) is 9.84. The molecule has 1 heterocycles. The first-order chi connectivity index (χ1) is 11.3. The maximum absolute atomic E-state index is 13.9. The van der Waals surface area contributed by atoms with Gasteiger partial charge in [-0.25, -0.2) is 26.0 Å². The van der Waals surface area contributed by atoms with E-state index in [0.29, 0.717) is 26.2 Å². The summed E-state index contributed by atoms with van der Waals surface area (Å²) in [5, 5.41) is 0. The highest BCUT2D eigenvalue weighted by molar-refractivity contribution is 7.91. The SMILES string of the molecule is CC(=O)OC(COCCC1CCS(=O)(=O)CC1)C(F)(F)CC(C)(F)F. The second kappa shape index (κ2) is 8.66. The number of hydrogen-bond acceptors (Lipinski definition) is 5. The van der Waals surface area contributed by atoms with Crippen LogP contribution in [0.15, 0.2) is 0 Å². The summed E-state index contributed by atoms with van der Waals surface area (Å²) >= 11 is 0. The first kappa shape index (κ1) is 22.1. The minimum Gasteiger partial charge on any atom is -0.454 e. The third-order valence-electron chi connectivity index (χ3n) is 3.94. The number of rotatable bonds is 9. The van der Waals surface area contributed by atoms with Crippen LogP contribution in [0.4, 0.5) is 17.6 Å². The van der Waals surface area contributed by atoms with Gasteiger partial charge in [0.05, 0.1) is 24.5 Å². The largest absolute Gasteiger partial charge is 0.454 e. The molecule has 25 heavy (non-hydrogen) atoms. The van der Waals surface area contributed by atoms with Gasteiger partial charge >= 0.3 is 5.97 Å². The lowest BCUT2D eigenvalue weighted by atomic mass is 9.99. The maximum atomic E-state index is 13.9. The van der Waals surface area contributed by atoms with Gasteiger partial charge in [0.1, 0.15) is 9.84 Å². The third-order valence-corrected chi connectivity index (χ3v) is 5.65. The minimum atomic E-state index is -3.93.